The lowest BCUT2D eigenvalue weighted by atomic mass is 9.95. The molecule has 2 aromatic carbocycles. The topological polar surface area (TPSA) is 80.3 Å². The minimum atomic E-state index is -3.81. The van der Waals surface area contributed by atoms with Gasteiger partial charge in [-0.05, 0) is 80.5 Å². The smallest absolute Gasteiger partial charge is 0.224 e. The van der Waals surface area contributed by atoms with E-state index in [1.807, 2.05) is 34.6 Å². The molecule has 1 aliphatic rings. The van der Waals surface area contributed by atoms with Gasteiger partial charge in [-0.3, -0.25) is 0 Å². The van der Waals surface area contributed by atoms with Gasteiger partial charge in [-0.1, -0.05) is 18.2 Å². The zero-order valence-corrected chi connectivity index (χ0v) is 17.9. The molecule has 0 radical (unpaired) electrons. The molecule has 0 fully saturated rings. The lowest BCUT2D eigenvalue weighted by Crippen LogP contribution is -2.34. The first-order valence-electron chi connectivity index (χ1n) is 8.88. The van der Waals surface area contributed by atoms with E-state index < -0.39 is 25.9 Å². The van der Waals surface area contributed by atoms with Gasteiger partial charge in [0.05, 0.1) is 15.5 Å². The summed E-state index contributed by atoms with van der Waals surface area (Å²) in [5, 5.41) is 0. The summed E-state index contributed by atoms with van der Waals surface area (Å²) in [4.78, 5) is 0.516. The van der Waals surface area contributed by atoms with Gasteiger partial charge < -0.3 is 0 Å². The van der Waals surface area contributed by atoms with Gasteiger partial charge in [0.1, 0.15) is 0 Å². The largest absolute Gasteiger partial charge is 0.241 e. The highest BCUT2D eigenvalue weighted by atomic mass is 32.2. The molecule has 3 rings (SSSR count). The average molecular weight is 408 g/mol. The van der Waals surface area contributed by atoms with Crippen LogP contribution in [-0.4, -0.2) is 22.6 Å². The molecular formula is C20H25NO4S2. The third-order valence-electron chi connectivity index (χ3n) is 5.80. The fourth-order valence-corrected chi connectivity index (χ4v) is 7.30. The minimum absolute atomic E-state index is 0.0683. The van der Waals surface area contributed by atoms with E-state index in [0.717, 1.165) is 27.8 Å². The number of sulfonamides is 1. The van der Waals surface area contributed by atoms with Crippen LogP contribution in [0.1, 0.15) is 45.8 Å². The first-order valence-corrected chi connectivity index (χ1v) is 12.0. The zero-order valence-electron chi connectivity index (χ0n) is 16.3. The number of benzene rings is 2. The van der Waals surface area contributed by atoms with Crippen molar-refractivity contribution in [3.63, 3.8) is 0 Å². The number of fused-ring (bicyclic) bond motifs is 1. The monoisotopic (exact) mass is 407 g/mol. The van der Waals surface area contributed by atoms with E-state index in [1.165, 1.54) is 0 Å². The van der Waals surface area contributed by atoms with Crippen LogP contribution in [-0.2, 0) is 19.9 Å². The first kappa shape index (κ1) is 20.0. The highest BCUT2D eigenvalue weighted by Gasteiger charge is 2.34. The second-order valence-electron chi connectivity index (χ2n) is 7.27. The molecule has 0 saturated heterocycles. The quantitative estimate of drug-likeness (QED) is 0.845. The Kier molecular flexibility index (Phi) is 4.99. The first-order chi connectivity index (χ1) is 12.5. The Hall–Kier alpha value is -1.70. The van der Waals surface area contributed by atoms with Gasteiger partial charge >= 0.3 is 0 Å². The fourth-order valence-electron chi connectivity index (χ4n) is 3.83. The molecule has 1 N–H and O–H groups in total. The van der Waals surface area contributed by atoms with Crippen LogP contribution < -0.4 is 4.72 Å². The van der Waals surface area contributed by atoms with Gasteiger partial charge in [0.2, 0.25) is 10.0 Å². The van der Waals surface area contributed by atoms with Gasteiger partial charge in [-0.25, -0.2) is 21.6 Å². The molecular weight excluding hydrogens is 382 g/mol. The number of nitrogens with one attached hydrogen (secondary N) is 1. The number of rotatable bonds is 3. The molecule has 2 aromatic rings. The summed E-state index contributed by atoms with van der Waals surface area (Å²) in [7, 11) is -7.17. The molecule has 1 heterocycles. The summed E-state index contributed by atoms with van der Waals surface area (Å²) in [5.41, 5.74) is 5.01. The summed E-state index contributed by atoms with van der Waals surface area (Å²) in [5.74, 6) is -0.0683. The van der Waals surface area contributed by atoms with Crippen LogP contribution in [0.5, 0.6) is 0 Å². The third kappa shape index (κ3) is 3.32. The van der Waals surface area contributed by atoms with Crippen molar-refractivity contribution in [1.29, 1.82) is 0 Å². The van der Waals surface area contributed by atoms with Crippen LogP contribution in [0.15, 0.2) is 34.1 Å². The molecule has 1 atom stereocenters. The van der Waals surface area contributed by atoms with Crippen molar-refractivity contribution in [2.45, 2.75) is 56.9 Å². The van der Waals surface area contributed by atoms with E-state index in [9.17, 15) is 16.8 Å². The maximum atomic E-state index is 13.3. The molecule has 5 nitrogen and oxygen atoms in total. The van der Waals surface area contributed by atoms with E-state index in [2.05, 4.69) is 4.72 Å². The van der Waals surface area contributed by atoms with E-state index in [1.54, 1.807) is 24.3 Å². The predicted octanol–water partition coefficient (Wildman–Crippen LogP) is 3.43. The molecule has 27 heavy (non-hydrogen) atoms. The Labute approximate surface area is 161 Å². The van der Waals surface area contributed by atoms with E-state index in [4.69, 9.17) is 0 Å². The summed E-state index contributed by atoms with van der Waals surface area (Å²) < 4.78 is 53.9. The van der Waals surface area contributed by atoms with E-state index >= 15 is 0 Å². The molecule has 0 spiro atoms. The highest BCUT2D eigenvalue weighted by Crippen LogP contribution is 2.35. The highest BCUT2D eigenvalue weighted by molar-refractivity contribution is 7.91. The number of hydrogen-bond donors (Lipinski definition) is 1. The van der Waals surface area contributed by atoms with Crippen molar-refractivity contribution in [3.8, 4) is 0 Å². The second kappa shape index (κ2) is 6.72. The summed E-state index contributed by atoms with van der Waals surface area (Å²) >= 11 is 0. The van der Waals surface area contributed by atoms with Crippen LogP contribution >= 0.6 is 0 Å². The molecule has 0 aromatic heterocycles. The zero-order chi connectivity index (χ0) is 20.1. The van der Waals surface area contributed by atoms with Gasteiger partial charge in [-0.15, -0.1) is 0 Å². The van der Waals surface area contributed by atoms with Crippen molar-refractivity contribution in [2.75, 3.05) is 5.75 Å². The Bertz CT molecular complexity index is 1100. The molecule has 1 unspecified atom stereocenters. The molecule has 146 valence electrons. The molecule has 0 saturated carbocycles. The second-order valence-corrected chi connectivity index (χ2v) is 11.0. The summed E-state index contributed by atoms with van der Waals surface area (Å²) in [6.07, 6.45) is 0.223. The van der Waals surface area contributed by atoms with Crippen LogP contribution in [0.2, 0.25) is 0 Å². The van der Waals surface area contributed by atoms with Gasteiger partial charge in [0.15, 0.2) is 9.84 Å². The molecule has 0 aliphatic carbocycles. The lowest BCUT2D eigenvalue weighted by Gasteiger charge is -2.27. The normalized spacial score (nSPS) is 18.9. The van der Waals surface area contributed by atoms with E-state index in [-0.39, 0.29) is 17.1 Å². The molecule has 7 heteroatoms. The Balaban J connectivity index is 2.10. The van der Waals surface area contributed by atoms with Crippen LogP contribution in [0, 0.1) is 34.6 Å². The minimum Gasteiger partial charge on any atom is -0.224 e. The Morgan fingerprint density at radius 2 is 1.41 bits per heavy atom. The van der Waals surface area contributed by atoms with Crippen molar-refractivity contribution in [1.82, 2.24) is 4.72 Å². The van der Waals surface area contributed by atoms with E-state index in [0.29, 0.717) is 10.5 Å². The van der Waals surface area contributed by atoms with Crippen molar-refractivity contribution < 1.29 is 16.8 Å². The third-order valence-corrected chi connectivity index (χ3v) is 9.36. The van der Waals surface area contributed by atoms with Crippen LogP contribution in [0.25, 0.3) is 0 Å². The Morgan fingerprint density at radius 1 is 0.889 bits per heavy atom. The Morgan fingerprint density at radius 3 is 2.00 bits per heavy atom. The fraction of sp³-hybridized carbons (Fsp3) is 0.400. The SMILES string of the molecule is Cc1c(C)c(C)c(S(=O)(=O)NC2CCS(=O)(=O)c3ccccc32)c(C)c1C. The predicted molar refractivity (Wildman–Crippen MR) is 106 cm³/mol. The summed E-state index contributed by atoms with van der Waals surface area (Å²) in [6, 6.07) is 6.06. The van der Waals surface area contributed by atoms with Gasteiger partial charge in [-0.2, -0.15) is 0 Å². The number of hydrogen-bond acceptors (Lipinski definition) is 4. The molecule has 1 aliphatic heterocycles. The van der Waals surface area contributed by atoms with Crippen molar-refractivity contribution in [2.24, 2.45) is 0 Å². The lowest BCUT2D eigenvalue weighted by molar-refractivity contribution is 0.527. The molecule has 0 bridgehead atoms. The average Bonchev–Trinajstić information content (AvgIpc) is 2.61. The maximum absolute atomic E-state index is 13.3. The van der Waals surface area contributed by atoms with Gasteiger partial charge in [0, 0.05) is 6.04 Å². The van der Waals surface area contributed by atoms with Crippen LogP contribution in [0.3, 0.4) is 0 Å². The maximum Gasteiger partial charge on any atom is 0.241 e. The van der Waals surface area contributed by atoms with Crippen molar-refractivity contribution in [3.05, 3.63) is 57.6 Å². The van der Waals surface area contributed by atoms with Crippen LogP contribution in [0.4, 0.5) is 0 Å². The summed E-state index contributed by atoms with van der Waals surface area (Å²) in [6.45, 7) is 9.50. The number of sulfone groups is 1. The standard InChI is InChI=1S/C20H25NO4S2/c1-12-13(2)15(4)20(16(5)14(12)3)27(24,25)21-18-10-11-26(22,23)19-9-7-6-8-17(18)19/h6-9,18,21H,10-11H2,1-5H3. The molecule has 0 amide bonds. The van der Waals surface area contributed by atoms with Gasteiger partial charge in [0.25, 0.3) is 0 Å². The van der Waals surface area contributed by atoms with Crippen molar-refractivity contribution >= 4 is 19.9 Å².